The molecule has 0 aliphatic carbocycles. The molecular weight excluding hydrogens is 274 g/mol. The lowest BCUT2D eigenvalue weighted by Gasteiger charge is -2.21. The lowest BCUT2D eigenvalue weighted by atomic mass is 10.1. The van der Waals surface area contributed by atoms with Gasteiger partial charge in [0, 0.05) is 17.9 Å². The van der Waals surface area contributed by atoms with Crippen molar-refractivity contribution >= 4 is 23.6 Å². The van der Waals surface area contributed by atoms with Crippen molar-refractivity contribution in [3.63, 3.8) is 0 Å². The van der Waals surface area contributed by atoms with Crippen molar-refractivity contribution in [2.24, 2.45) is 0 Å². The third-order valence-electron chi connectivity index (χ3n) is 3.47. The smallest absolute Gasteiger partial charge is 0.326 e. The van der Waals surface area contributed by atoms with E-state index in [1.54, 1.807) is 12.1 Å². The van der Waals surface area contributed by atoms with Crippen LogP contribution in [0.4, 0.5) is 0 Å². The number of benzene rings is 1. The molecule has 0 unspecified atom stereocenters. The summed E-state index contributed by atoms with van der Waals surface area (Å²) in [6.45, 7) is 2.64. The molecule has 108 valence electrons. The Balaban J connectivity index is 2.07. The molecule has 1 N–H and O–H groups in total. The van der Waals surface area contributed by atoms with Crippen LogP contribution < -0.4 is 0 Å². The minimum Gasteiger partial charge on any atom is -0.480 e. The molecule has 1 heterocycles. The summed E-state index contributed by atoms with van der Waals surface area (Å²) in [5.74, 6) is 0.915. The van der Waals surface area contributed by atoms with Gasteiger partial charge in [0.25, 0.3) is 5.91 Å². The van der Waals surface area contributed by atoms with E-state index >= 15 is 0 Å². The van der Waals surface area contributed by atoms with Gasteiger partial charge in [0.1, 0.15) is 6.04 Å². The highest BCUT2D eigenvalue weighted by Crippen LogP contribution is 2.21. The Hall–Kier alpha value is -1.49. The number of thioether (sulfide) groups is 1. The van der Waals surface area contributed by atoms with Crippen molar-refractivity contribution in [3.05, 3.63) is 35.4 Å². The summed E-state index contributed by atoms with van der Waals surface area (Å²) >= 11 is 1.83. The van der Waals surface area contributed by atoms with Gasteiger partial charge >= 0.3 is 5.97 Å². The fourth-order valence-electron chi connectivity index (χ4n) is 2.40. The van der Waals surface area contributed by atoms with Crippen LogP contribution in [0.1, 0.15) is 35.7 Å². The van der Waals surface area contributed by atoms with E-state index in [-0.39, 0.29) is 5.91 Å². The van der Waals surface area contributed by atoms with Gasteiger partial charge in [-0.2, -0.15) is 11.8 Å². The first-order valence-electron chi connectivity index (χ1n) is 6.84. The number of rotatable bonds is 5. The molecule has 1 aliphatic heterocycles. The molecule has 0 spiro atoms. The maximum absolute atomic E-state index is 12.3. The first kappa shape index (κ1) is 14.9. The first-order chi connectivity index (χ1) is 9.63. The highest BCUT2D eigenvalue weighted by molar-refractivity contribution is 7.98. The van der Waals surface area contributed by atoms with Crippen molar-refractivity contribution in [1.29, 1.82) is 0 Å². The van der Waals surface area contributed by atoms with E-state index in [2.05, 4.69) is 6.92 Å². The van der Waals surface area contributed by atoms with Gasteiger partial charge < -0.3 is 10.0 Å². The Bertz CT molecular complexity index is 486. The Morgan fingerprint density at radius 3 is 2.65 bits per heavy atom. The maximum atomic E-state index is 12.3. The average molecular weight is 293 g/mol. The number of aliphatic carboxylic acids is 1. The van der Waals surface area contributed by atoms with Gasteiger partial charge in [-0.15, -0.1) is 0 Å². The number of likely N-dealkylation sites (tertiary alicyclic amines) is 1. The predicted molar refractivity (Wildman–Crippen MR) is 80.0 cm³/mol. The Labute approximate surface area is 123 Å². The lowest BCUT2D eigenvalue weighted by Crippen LogP contribution is -2.40. The summed E-state index contributed by atoms with van der Waals surface area (Å²) in [5.41, 5.74) is 1.76. The van der Waals surface area contributed by atoms with Gasteiger partial charge in [0.2, 0.25) is 0 Å². The van der Waals surface area contributed by atoms with Crippen molar-refractivity contribution in [2.45, 2.75) is 31.6 Å². The lowest BCUT2D eigenvalue weighted by molar-refractivity contribution is -0.141. The monoisotopic (exact) mass is 293 g/mol. The van der Waals surface area contributed by atoms with Crippen LogP contribution in [-0.4, -0.2) is 40.2 Å². The third-order valence-corrected chi connectivity index (χ3v) is 4.42. The van der Waals surface area contributed by atoms with Crippen LogP contribution in [0.15, 0.2) is 24.3 Å². The molecule has 1 atom stereocenters. The number of carbonyl (C=O) groups is 2. The van der Waals surface area contributed by atoms with Crippen LogP contribution in [0.2, 0.25) is 0 Å². The number of carbonyl (C=O) groups excluding carboxylic acids is 1. The molecule has 0 radical (unpaired) electrons. The van der Waals surface area contributed by atoms with E-state index in [4.69, 9.17) is 5.11 Å². The summed E-state index contributed by atoms with van der Waals surface area (Å²) in [6, 6.07) is 6.82. The number of carboxylic acids is 1. The van der Waals surface area contributed by atoms with Gasteiger partial charge in [-0.3, -0.25) is 4.79 Å². The van der Waals surface area contributed by atoms with Crippen LogP contribution >= 0.6 is 11.8 Å². The topological polar surface area (TPSA) is 57.6 Å². The Kier molecular flexibility index (Phi) is 5.06. The second-order valence-corrected chi connectivity index (χ2v) is 6.10. The van der Waals surface area contributed by atoms with Crippen molar-refractivity contribution in [2.75, 3.05) is 12.3 Å². The highest BCUT2D eigenvalue weighted by atomic mass is 32.2. The Morgan fingerprint density at radius 1 is 1.35 bits per heavy atom. The van der Waals surface area contributed by atoms with Gasteiger partial charge in [-0.1, -0.05) is 19.1 Å². The summed E-state index contributed by atoms with van der Waals surface area (Å²) in [7, 11) is 0. The molecule has 1 aromatic carbocycles. The van der Waals surface area contributed by atoms with E-state index in [9.17, 15) is 9.59 Å². The van der Waals surface area contributed by atoms with Gasteiger partial charge in [-0.05, 0) is 36.3 Å². The SMILES string of the molecule is CCSCc1ccc(C(=O)N2CCC[C@H]2C(=O)O)cc1. The molecule has 1 saturated heterocycles. The number of hydrogen-bond acceptors (Lipinski definition) is 3. The van der Waals surface area contributed by atoms with Crippen LogP contribution in [0, 0.1) is 0 Å². The summed E-state index contributed by atoms with van der Waals surface area (Å²) in [6.07, 6.45) is 1.31. The molecule has 0 saturated carbocycles. The number of nitrogens with zero attached hydrogens (tertiary/aromatic N) is 1. The third kappa shape index (κ3) is 3.33. The normalized spacial score (nSPS) is 18.2. The molecule has 0 bridgehead atoms. The fraction of sp³-hybridized carbons (Fsp3) is 0.467. The molecule has 4 nitrogen and oxygen atoms in total. The standard InChI is InChI=1S/C15H19NO3S/c1-2-20-10-11-5-7-12(8-6-11)14(17)16-9-3-4-13(16)15(18)19/h5-8,13H,2-4,9-10H2,1H3,(H,18,19)/t13-/m0/s1. The van der Waals surface area contributed by atoms with Gasteiger partial charge in [0.15, 0.2) is 0 Å². The van der Waals surface area contributed by atoms with Crippen molar-refractivity contribution < 1.29 is 14.7 Å². The Morgan fingerprint density at radius 2 is 2.05 bits per heavy atom. The van der Waals surface area contributed by atoms with Crippen LogP contribution in [-0.2, 0) is 10.5 Å². The zero-order chi connectivity index (χ0) is 14.5. The second kappa shape index (κ2) is 6.79. The molecule has 1 aromatic rings. The number of carboxylic acid groups (broad SMARTS) is 1. The predicted octanol–water partition coefficient (Wildman–Crippen LogP) is 2.63. The summed E-state index contributed by atoms with van der Waals surface area (Å²) < 4.78 is 0. The van der Waals surface area contributed by atoms with E-state index in [0.29, 0.717) is 18.5 Å². The quantitative estimate of drug-likeness (QED) is 0.906. The molecule has 2 rings (SSSR count). The molecule has 1 fully saturated rings. The highest BCUT2D eigenvalue weighted by Gasteiger charge is 2.34. The van der Waals surface area contributed by atoms with E-state index in [1.165, 1.54) is 10.5 Å². The van der Waals surface area contributed by atoms with Crippen LogP contribution in [0.5, 0.6) is 0 Å². The van der Waals surface area contributed by atoms with Gasteiger partial charge in [-0.25, -0.2) is 4.79 Å². The van der Waals surface area contributed by atoms with Crippen molar-refractivity contribution in [3.8, 4) is 0 Å². The van der Waals surface area contributed by atoms with E-state index in [1.807, 2.05) is 23.9 Å². The molecule has 5 heteroatoms. The second-order valence-electron chi connectivity index (χ2n) is 4.83. The molecule has 20 heavy (non-hydrogen) atoms. The summed E-state index contributed by atoms with van der Waals surface area (Å²) in [5, 5.41) is 9.12. The zero-order valence-corrected chi connectivity index (χ0v) is 12.4. The molecule has 0 aromatic heterocycles. The van der Waals surface area contributed by atoms with E-state index in [0.717, 1.165) is 17.9 Å². The molecular formula is C15H19NO3S. The maximum Gasteiger partial charge on any atom is 0.326 e. The average Bonchev–Trinajstić information content (AvgIpc) is 2.94. The minimum absolute atomic E-state index is 0.176. The number of amides is 1. The largest absolute Gasteiger partial charge is 0.480 e. The van der Waals surface area contributed by atoms with Gasteiger partial charge in [0.05, 0.1) is 0 Å². The molecule has 1 amide bonds. The van der Waals surface area contributed by atoms with Crippen LogP contribution in [0.3, 0.4) is 0 Å². The summed E-state index contributed by atoms with van der Waals surface area (Å²) in [4.78, 5) is 24.9. The zero-order valence-electron chi connectivity index (χ0n) is 11.5. The number of hydrogen-bond donors (Lipinski definition) is 1. The van der Waals surface area contributed by atoms with Crippen LogP contribution in [0.25, 0.3) is 0 Å². The minimum atomic E-state index is -0.910. The fourth-order valence-corrected chi connectivity index (χ4v) is 3.03. The molecule has 1 aliphatic rings. The van der Waals surface area contributed by atoms with Crippen molar-refractivity contribution in [1.82, 2.24) is 4.90 Å². The first-order valence-corrected chi connectivity index (χ1v) is 7.99. The van der Waals surface area contributed by atoms with E-state index < -0.39 is 12.0 Å².